The summed E-state index contributed by atoms with van der Waals surface area (Å²) in [6.45, 7) is 1.15. The summed E-state index contributed by atoms with van der Waals surface area (Å²) in [5, 5.41) is 4.84. The lowest BCUT2D eigenvalue weighted by atomic mass is 9.92. The molecule has 5 rings (SSSR count). The van der Waals surface area contributed by atoms with Gasteiger partial charge in [0.1, 0.15) is 11.6 Å². The third kappa shape index (κ3) is 6.25. The SMILES string of the molecule is O=C(CC(c1cc2ccccc2[nH]1)c1c[nH]c2cc(OCCCNc3ccccn3)ccc12)OC(=O)C(F)(F)F. The number of fused-ring (bicyclic) bond motifs is 2. The van der Waals surface area contributed by atoms with Crippen molar-refractivity contribution in [2.24, 2.45) is 0 Å². The highest BCUT2D eigenvalue weighted by Gasteiger charge is 2.42. The predicted molar refractivity (Wildman–Crippen MR) is 143 cm³/mol. The van der Waals surface area contributed by atoms with Gasteiger partial charge >= 0.3 is 18.1 Å². The molecule has 11 heteroatoms. The van der Waals surface area contributed by atoms with Gasteiger partial charge in [-0.05, 0) is 53.8 Å². The number of hydrogen-bond donors (Lipinski definition) is 3. The van der Waals surface area contributed by atoms with E-state index in [9.17, 15) is 22.8 Å². The van der Waals surface area contributed by atoms with Crippen LogP contribution in [0.2, 0.25) is 0 Å². The fourth-order valence-electron chi connectivity index (χ4n) is 4.49. The number of halogens is 3. The van der Waals surface area contributed by atoms with Crippen LogP contribution in [0, 0.1) is 0 Å². The van der Waals surface area contributed by atoms with E-state index in [-0.39, 0.29) is 0 Å². The van der Waals surface area contributed by atoms with Crippen LogP contribution < -0.4 is 10.1 Å². The van der Waals surface area contributed by atoms with Crippen LogP contribution in [0.5, 0.6) is 5.75 Å². The van der Waals surface area contributed by atoms with E-state index in [1.54, 1.807) is 18.5 Å². The molecule has 0 aliphatic rings. The Balaban J connectivity index is 1.33. The third-order valence-electron chi connectivity index (χ3n) is 6.36. The molecule has 1 unspecified atom stereocenters. The number of para-hydroxylation sites is 1. The molecule has 3 aromatic heterocycles. The first kappa shape index (κ1) is 26.8. The summed E-state index contributed by atoms with van der Waals surface area (Å²) in [5.41, 5.74) is 2.78. The minimum absolute atomic E-state index is 0.468. The number of aromatic amines is 2. The molecule has 0 aliphatic heterocycles. The number of carbonyl (C=O) groups is 2. The van der Waals surface area contributed by atoms with Crippen LogP contribution in [0.25, 0.3) is 21.8 Å². The zero-order chi connectivity index (χ0) is 28.1. The number of anilines is 1. The number of alkyl halides is 3. The lowest BCUT2D eigenvalue weighted by molar-refractivity contribution is -0.201. The minimum atomic E-state index is -5.27. The Morgan fingerprint density at radius 3 is 2.60 bits per heavy atom. The molecule has 0 amide bonds. The average molecular weight is 551 g/mol. The highest BCUT2D eigenvalue weighted by atomic mass is 19.4. The Morgan fingerprint density at radius 1 is 1.00 bits per heavy atom. The summed E-state index contributed by atoms with van der Waals surface area (Å²) in [6, 6.07) is 20.3. The van der Waals surface area contributed by atoms with Gasteiger partial charge in [0.25, 0.3) is 0 Å². The van der Waals surface area contributed by atoms with Gasteiger partial charge in [0.2, 0.25) is 0 Å². The monoisotopic (exact) mass is 550 g/mol. The van der Waals surface area contributed by atoms with E-state index in [1.165, 1.54) is 0 Å². The number of pyridine rings is 1. The maximum absolute atomic E-state index is 12.7. The van der Waals surface area contributed by atoms with E-state index < -0.39 is 30.5 Å². The van der Waals surface area contributed by atoms with Gasteiger partial charge in [-0.3, -0.25) is 4.79 Å². The number of aromatic nitrogens is 3. The fourth-order valence-corrected chi connectivity index (χ4v) is 4.49. The normalized spacial score (nSPS) is 12.4. The predicted octanol–water partition coefficient (Wildman–Crippen LogP) is 6.08. The lowest BCUT2D eigenvalue weighted by Crippen LogP contribution is -2.28. The number of rotatable bonds is 10. The molecular formula is C29H25F3N4O4. The van der Waals surface area contributed by atoms with E-state index in [2.05, 4.69) is 25.0 Å². The number of ether oxygens (including phenoxy) is 2. The first-order valence-electron chi connectivity index (χ1n) is 12.6. The summed E-state index contributed by atoms with van der Waals surface area (Å²) in [7, 11) is 0. The first-order chi connectivity index (χ1) is 19.3. The summed E-state index contributed by atoms with van der Waals surface area (Å²) >= 11 is 0. The van der Waals surface area contributed by atoms with Gasteiger partial charge in [-0.25, -0.2) is 9.78 Å². The van der Waals surface area contributed by atoms with E-state index in [4.69, 9.17) is 4.74 Å². The fraction of sp³-hybridized carbons (Fsp3) is 0.207. The van der Waals surface area contributed by atoms with Crippen LogP contribution in [0.4, 0.5) is 19.0 Å². The standard InChI is InChI=1S/C29H25F3N4O4/c30-29(31,32)28(38)40-27(37)16-21(25-14-18-6-1-2-7-23(18)36-25)22-17-35-24-15-19(9-10-20(22)24)39-13-5-12-34-26-8-3-4-11-33-26/h1-4,6-11,14-15,17,21,35-36H,5,12-13,16H2,(H,33,34). The second-order valence-corrected chi connectivity index (χ2v) is 9.12. The molecule has 0 saturated carbocycles. The van der Waals surface area contributed by atoms with Gasteiger partial charge < -0.3 is 24.8 Å². The number of H-pyrrole nitrogens is 2. The van der Waals surface area contributed by atoms with Crippen LogP contribution in [-0.4, -0.2) is 46.2 Å². The number of nitrogens with one attached hydrogen (secondary N) is 3. The average Bonchev–Trinajstić information content (AvgIpc) is 3.56. The van der Waals surface area contributed by atoms with Gasteiger partial charge in [0.15, 0.2) is 0 Å². The molecule has 1 atom stereocenters. The summed E-state index contributed by atoms with van der Waals surface area (Å²) in [6.07, 6.45) is -1.60. The molecule has 8 nitrogen and oxygen atoms in total. The second-order valence-electron chi connectivity index (χ2n) is 9.12. The highest BCUT2D eigenvalue weighted by molar-refractivity contribution is 5.91. The largest absolute Gasteiger partial charge is 0.493 e. The zero-order valence-corrected chi connectivity index (χ0v) is 21.1. The number of benzene rings is 2. The van der Waals surface area contributed by atoms with Crippen molar-refractivity contribution in [3.8, 4) is 5.75 Å². The number of carbonyl (C=O) groups excluding carboxylic acids is 2. The first-order valence-corrected chi connectivity index (χ1v) is 12.6. The highest BCUT2D eigenvalue weighted by Crippen LogP contribution is 2.36. The van der Waals surface area contributed by atoms with Gasteiger partial charge in [-0.15, -0.1) is 0 Å². The quantitative estimate of drug-likeness (QED) is 0.111. The number of nitrogens with zero attached hydrogens (tertiary/aromatic N) is 1. The third-order valence-corrected chi connectivity index (χ3v) is 6.36. The summed E-state index contributed by atoms with van der Waals surface area (Å²) < 4.78 is 48.0. The molecule has 0 spiro atoms. The molecule has 0 bridgehead atoms. The van der Waals surface area contributed by atoms with Gasteiger partial charge in [0, 0.05) is 53.0 Å². The van der Waals surface area contributed by atoms with Crippen LogP contribution in [0.1, 0.15) is 30.0 Å². The van der Waals surface area contributed by atoms with E-state index >= 15 is 0 Å². The summed E-state index contributed by atoms with van der Waals surface area (Å²) in [4.78, 5) is 34.3. The topological polar surface area (TPSA) is 109 Å². The molecule has 3 N–H and O–H groups in total. The Bertz CT molecular complexity index is 1600. The van der Waals surface area contributed by atoms with Crippen LogP contribution >= 0.6 is 0 Å². The van der Waals surface area contributed by atoms with E-state index in [0.29, 0.717) is 30.2 Å². The van der Waals surface area contributed by atoms with Crippen molar-refractivity contribution in [1.29, 1.82) is 0 Å². The molecule has 206 valence electrons. The van der Waals surface area contributed by atoms with Crippen LogP contribution in [-0.2, 0) is 14.3 Å². The van der Waals surface area contributed by atoms with Gasteiger partial charge in [0.05, 0.1) is 13.0 Å². The Labute approximate surface area is 226 Å². The second kappa shape index (κ2) is 11.5. The number of hydrogen-bond acceptors (Lipinski definition) is 6. The van der Waals surface area contributed by atoms with Crippen LogP contribution in [0.15, 0.2) is 79.1 Å². The maximum atomic E-state index is 12.7. The van der Waals surface area contributed by atoms with Crippen LogP contribution in [0.3, 0.4) is 0 Å². The molecule has 0 fully saturated rings. The molecule has 5 aromatic rings. The lowest BCUT2D eigenvalue weighted by Gasteiger charge is -2.15. The van der Waals surface area contributed by atoms with Crippen molar-refractivity contribution in [1.82, 2.24) is 15.0 Å². The molecule has 3 heterocycles. The van der Waals surface area contributed by atoms with Gasteiger partial charge in [-0.2, -0.15) is 13.2 Å². The van der Waals surface area contributed by atoms with Crippen molar-refractivity contribution in [3.05, 3.63) is 90.4 Å². The smallest absolute Gasteiger partial charge is 0.491 e. The molecule has 40 heavy (non-hydrogen) atoms. The van der Waals surface area contributed by atoms with Crippen molar-refractivity contribution in [2.45, 2.75) is 24.9 Å². The van der Waals surface area contributed by atoms with Crippen molar-refractivity contribution in [3.63, 3.8) is 0 Å². The molecular weight excluding hydrogens is 525 g/mol. The maximum Gasteiger partial charge on any atom is 0.491 e. The van der Waals surface area contributed by atoms with Crippen molar-refractivity contribution < 1.29 is 32.2 Å². The Hall–Kier alpha value is -4.80. The van der Waals surface area contributed by atoms with E-state index in [1.807, 2.05) is 60.7 Å². The van der Waals surface area contributed by atoms with Gasteiger partial charge in [-0.1, -0.05) is 24.3 Å². The van der Waals surface area contributed by atoms with Crippen molar-refractivity contribution in [2.75, 3.05) is 18.5 Å². The van der Waals surface area contributed by atoms with E-state index in [0.717, 1.165) is 34.0 Å². The number of esters is 2. The van der Waals surface area contributed by atoms with Crippen molar-refractivity contribution >= 4 is 39.6 Å². The zero-order valence-electron chi connectivity index (χ0n) is 21.1. The molecule has 0 aliphatic carbocycles. The molecule has 0 radical (unpaired) electrons. The molecule has 2 aromatic carbocycles. The Morgan fingerprint density at radius 2 is 1.82 bits per heavy atom. The minimum Gasteiger partial charge on any atom is -0.493 e. The summed E-state index contributed by atoms with van der Waals surface area (Å²) in [5.74, 6) is -3.10. The Kier molecular flexibility index (Phi) is 7.72. The molecule has 0 saturated heterocycles.